The van der Waals surface area contributed by atoms with E-state index in [1.807, 2.05) is 35.0 Å². The van der Waals surface area contributed by atoms with Crippen molar-refractivity contribution in [2.75, 3.05) is 6.61 Å². The molecule has 0 aliphatic rings. The van der Waals surface area contributed by atoms with Crippen LogP contribution in [0.15, 0.2) is 84.1 Å². The van der Waals surface area contributed by atoms with Gasteiger partial charge in [-0.2, -0.15) is 5.10 Å². The van der Waals surface area contributed by atoms with Crippen LogP contribution in [0.1, 0.15) is 37.5 Å². The molecule has 45 heavy (non-hydrogen) atoms. The van der Waals surface area contributed by atoms with Crippen molar-refractivity contribution in [3.05, 3.63) is 102 Å². The van der Waals surface area contributed by atoms with Crippen LogP contribution in [0.5, 0.6) is 5.75 Å². The minimum Gasteiger partial charge on any atom is -0.508 e. The van der Waals surface area contributed by atoms with E-state index in [1.54, 1.807) is 45.0 Å². The summed E-state index contributed by atoms with van der Waals surface area (Å²) < 4.78 is 20.5. The van der Waals surface area contributed by atoms with Crippen molar-refractivity contribution in [1.82, 2.24) is 20.6 Å². The Balaban J connectivity index is 1.50. The number of aromatic hydroxyl groups is 1. The summed E-state index contributed by atoms with van der Waals surface area (Å²) in [4.78, 5) is 38.5. The van der Waals surface area contributed by atoms with Gasteiger partial charge in [-0.1, -0.05) is 42.5 Å². The van der Waals surface area contributed by atoms with Crippen LogP contribution in [0.2, 0.25) is 0 Å². The normalized spacial score (nSPS) is 12.9. The predicted molar refractivity (Wildman–Crippen MR) is 167 cm³/mol. The number of benzene rings is 3. The molecule has 0 aliphatic carbocycles. The van der Waals surface area contributed by atoms with Gasteiger partial charge in [0, 0.05) is 35.6 Å². The Kier molecular flexibility index (Phi) is 10.5. The summed E-state index contributed by atoms with van der Waals surface area (Å²) in [5.74, 6) is -1.74. The second-order valence-corrected chi connectivity index (χ2v) is 11.4. The molecule has 236 valence electrons. The number of amides is 3. The van der Waals surface area contributed by atoms with Crippen LogP contribution in [-0.2, 0) is 27.3 Å². The molecule has 11 nitrogen and oxygen atoms in total. The topological polar surface area (TPSA) is 154 Å². The van der Waals surface area contributed by atoms with Crippen LogP contribution in [0.3, 0.4) is 0 Å². The number of ether oxygens (including phenoxy) is 1. The fourth-order valence-corrected chi connectivity index (χ4v) is 4.53. The molecule has 4 aromatic rings. The number of phenols is 1. The third kappa shape index (κ3) is 9.38. The number of carbonyl (C=O) groups excluding carboxylic acids is 3. The molecule has 0 saturated heterocycles. The van der Waals surface area contributed by atoms with Crippen LogP contribution in [0.25, 0.3) is 10.9 Å². The molecule has 0 spiro atoms. The number of halogens is 1. The molecule has 12 heteroatoms. The highest BCUT2D eigenvalue weighted by molar-refractivity contribution is 6.00. The summed E-state index contributed by atoms with van der Waals surface area (Å²) in [6.45, 7) is 4.72. The fraction of sp³-hybridized carbons (Fsp3) is 0.273. The third-order valence-electron chi connectivity index (χ3n) is 6.66. The van der Waals surface area contributed by atoms with Crippen LogP contribution in [0, 0.1) is 5.82 Å². The number of rotatable bonds is 11. The average molecular weight is 618 g/mol. The smallest absolute Gasteiger partial charge is 0.408 e. The molecule has 1 aromatic heterocycles. The number of carbonyl (C=O) groups is 3. The maximum Gasteiger partial charge on any atom is 0.408 e. The van der Waals surface area contributed by atoms with Gasteiger partial charge in [0.1, 0.15) is 29.3 Å². The lowest BCUT2D eigenvalue weighted by Crippen LogP contribution is -2.55. The van der Waals surface area contributed by atoms with Crippen molar-refractivity contribution in [1.29, 1.82) is 0 Å². The van der Waals surface area contributed by atoms with Crippen LogP contribution >= 0.6 is 0 Å². The molecule has 5 N–H and O–H groups in total. The van der Waals surface area contributed by atoms with Crippen LogP contribution in [-0.4, -0.2) is 63.2 Å². The summed E-state index contributed by atoms with van der Waals surface area (Å²) in [5, 5.41) is 29.3. The van der Waals surface area contributed by atoms with Gasteiger partial charge in [0.25, 0.3) is 5.91 Å². The van der Waals surface area contributed by atoms with E-state index in [0.29, 0.717) is 17.7 Å². The maximum absolute atomic E-state index is 13.4. The van der Waals surface area contributed by atoms with Crippen molar-refractivity contribution in [2.24, 2.45) is 5.10 Å². The minimum absolute atomic E-state index is 0.0228. The zero-order chi connectivity index (χ0) is 32.6. The number of fused-ring (bicyclic) bond motifs is 1. The first-order valence-corrected chi connectivity index (χ1v) is 14.3. The Bertz CT molecular complexity index is 1660. The highest BCUT2D eigenvalue weighted by atomic mass is 19.1. The second-order valence-electron chi connectivity index (χ2n) is 11.4. The van der Waals surface area contributed by atoms with E-state index >= 15 is 0 Å². The molecule has 0 aliphatic heterocycles. The van der Waals surface area contributed by atoms with Crippen molar-refractivity contribution in [2.45, 2.75) is 51.4 Å². The Hall–Kier alpha value is -5.23. The number of aromatic nitrogens is 1. The lowest BCUT2D eigenvalue weighted by molar-refractivity contribution is -0.130. The number of nitrogens with one attached hydrogen (secondary N) is 3. The van der Waals surface area contributed by atoms with E-state index in [2.05, 4.69) is 21.2 Å². The Morgan fingerprint density at radius 1 is 0.933 bits per heavy atom. The molecule has 2 atom stereocenters. The number of aliphatic hydroxyl groups is 1. The molecule has 3 aromatic carbocycles. The summed E-state index contributed by atoms with van der Waals surface area (Å²) >= 11 is 0. The average Bonchev–Trinajstić information content (AvgIpc) is 3.33. The number of phenolic OH excluding ortho intramolecular Hbond substituents is 1. The molecule has 0 radical (unpaired) electrons. The van der Waals surface area contributed by atoms with Gasteiger partial charge < -0.3 is 30.2 Å². The first kappa shape index (κ1) is 32.7. The van der Waals surface area contributed by atoms with E-state index in [4.69, 9.17) is 4.74 Å². The largest absolute Gasteiger partial charge is 0.508 e. The number of hydrazone groups is 1. The van der Waals surface area contributed by atoms with Crippen molar-refractivity contribution < 1.29 is 33.7 Å². The molecule has 0 unspecified atom stereocenters. The fourth-order valence-electron chi connectivity index (χ4n) is 4.53. The number of alkyl carbamates (subject to hydrolysis) is 1. The van der Waals surface area contributed by atoms with Gasteiger partial charge >= 0.3 is 6.09 Å². The molecule has 0 bridgehead atoms. The zero-order valence-electron chi connectivity index (χ0n) is 25.2. The highest BCUT2D eigenvalue weighted by Crippen LogP contribution is 2.21. The third-order valence-corrected chi connectivity index (χ3v) is 6.66. The quantitative estimate of drug-likeness (QED) is 0.128. The van der Waals surface area contributed by atoms with Crippen LogP contribution in [0.4, 0.5) is 9.18 Å². The number of hydrogen-bond donors (Lipinski definition) is 5. The SMILES string of the molecule is CC(C)(C)OC(=O)N[C@@H](CO)C(=O)N[C@@H](Cc1ccc(O)cc1)C(=O)N/N=C\c1cn(Cc2ccc(F)cc2)c2ccccc12. The van der Waals surface area contributed by atoms with E-state index in [1.165, 1.54) is 30.5 Å². The number of nitrogens with zero attached hydrogens (tertiary/aromatic N) is 2. The minimum atomic E-state index is -1.38. The van der Waals surface area contributed by atoms with Gasteiger partial charge in [-0.15, -0.1) is 0 Å². The van der Waals surface area contributed by atoms with Gasteiger partial charge in [0.2, 0.25) is 5.91 Å². The maximum atomic E-state index is 13.4. The van der Waals surface area contributed by atoms with Crippen molar-refractivity contribution in [3.8, 4) is 5.75 Å². The number of aliphatic hydroxyl groups excluding tert-OH is 1. The molecule has 1 heterocycles. The van der Waals surface area contributed by atoms with Crippen molar-refractivity contribution >= 4 is 35.0 Å². The lowest BCUT2D eigenvalue weighted by Gasteiger charge is -2.24. The molecule has 4 rings (SSSR count). The first-order valence-electron chi connectivity index (χ1n) is 14.3. The zero-order valence-corrected chi connectivity index (χ0v) is 25.2. The summed E-state index contributed by atoms with van der Waals surface area (Å²) in [7, 11) is 0. The van der Waals surface area contributed by atoms with Gasteiger partial charge in [-0.25, -0.2) is 14.6 Å². The molecule has 3 amide bonds. The molecule has 0 saturated carbocycles. The first-order chi connectivity index (χ1) is 21.4. The summed E-state index contributed by atoms with van der Waals surface area (Å²) in [6, 6.07) is 17.4. The summed E-state index contributed by atoms with van der Waals surface area (Å²) in [6.07, 6.45) is 2.48. The Labute approximate surface area is 259 Å². The Morgan fingerprint density at radius 3 is 2.27 bits per heavy atom. The monoisotopic (exact) mass is 617 g/mol. The molecular formula is C33H36FN5O6. The standard InChI is InChI=1S/C33H36FN5O6/c1-33(2,3)45-32(44)37-28(20-40)30(42)36-27(16-21-10-14-25(41)15-11-21)31(43)38-35-17-23-19-39(29-7-5-4-6-26(23)29)18-22-8-12-24(34)13-9-22/h4-15,17,19,27-28,40-41H,16,18,20H2,1-3H3,(H,36,42)(H,37,44)(H,38,43)/b35-17-/t27-,28-/m0/s1. The van der Waals surface area contributed by atoms with E-state index in [-0.39, 0.29) is 18.0 Å². The van der Waals surface area contributed by atoms with Crippen LogP contribution < -0.4 is 16.1 Å². The van der Waals surface area contributed by atoms with Gasteiger partial charge in [0.05, 0.1) is 12.8 Å². The second kappa shape index (κ2) is 14.5. The molecule has 0 fully saturated rings. The Morgan fingerprint density at radius 2 is 1.60 bits per heavy atom. The van der Waals surface area contributed by atoms with Gasteiger partial charge in [-0.05, 0) is 62.2 Å². The van der Waals surface area contributed by atoms with Crippen molar-refractivity contribution in [3.63, 3.8) is 0 Å². The van der Waals surface area contributed by atoms with Gasteiger partial charge in [0.15, 0.2) is 0 Å². The van der Waals surface area contributed by atoms with Gasteiger partial charge in [-0.3, -0.25) is 9.59 Å². The lowest BCUT2D eigenvalue weighted by atomic mass is 10.0. The highest BCUT2D eigenvalue weighted by Gasteiger charge is 2.28. The summed E-state index contributed by atoms with van der Waals surface area (Å²) in [5.41, 5.74) is 4.81. The van der Waals surface area contributed by atoms with E-state index in [9.17, 15) is 29.0 Å². The van der Waals surface area contributed by atoms with E-state index < -0.39 is 42.2 Å². The number of para-hydroxylation sites is 1. The predicted octanol–water partition coefficient (Wildman–Crippen LogP) is 3.60. The number of hydrogen-bond acceptors (Lipinski definition) is 7. The molecular weight excluding hydrogens is 581 g/mol. The van der Waals surface area contributed by atoms with E-state index in [0.717, 1.165) is 16.5 Å².